The van der Waals surface area contributed by atoms with Gasteiger partial charge in [-0.05, 0) is 30.9 Å². The van der Waals surface area contributed by atoms with E-state index in [1.54, 1.807) is 0 Å². The molecule has 1 aromatic carbocycles. The molecule has 0 aliphatic heterocycles. The first-order valence-corrected chi connectivity index (χ1v) is 4.73. The zero-order valence-corrected chi connectivity index (χ0v) is 8.21. The van der Waals surface area contributed by atoms with Crippen LogP contribution < -0.4 is 11.5 Å². The molecule has 0 radical (unpaired) electrons. The molecular weight excluding hydrogens is 176 g/mol. The van der Waals surface area contributed by atoms with Gasteiger partial charge in [-0.3, -0.25) is 4.79 Å². The predicted molar refractivity (Wildman–Crippen MR) is 54.6 cm³/mol. The highest BCUT2D eigenvalue weighted by atomic mass is 16.1. The molecule has 1 aliphatic rings. The average molecular weight is 190 g/mol. The van der Waals surface area contributed by atoms with E-state index in [0.717, 1.165) is 23.1 Å². The lowest BCUT2D eigenvalue weighted by molar-refractivity contribution is -0.123. The standard InChI is InChI=1S/C11H14N2O/c1-7-2-3-8-4-5-11(13,10(12)14)9(8)6-7/h2-3,6H,4-5,13H2,1H3,(H2,12,14). The molecule has 3 heteroatoms. The Morgan fingerprint density at radius 2 is 2.21 bits per heavy atom. The van der Waals surface area contributed by atoms with Crippen molar-refractivity contribution in [3.8, 4) is 0 Å². The fourth-order valence-electron chi connectivity index (χ4n) is 2.05. The number of nitrogens with two attached hydrogens (primary N) is 2. The fourth-order valence-corrected chi connectivity index (χ4v) is 2.05. The minimum atomic E-state index is -0.943. The summed E-state index contributed by atoms with van der Waals surface area (Å²) in [5.41, 5.74) is 13.6. The molecule has 2 rings (SSSR count). The van der Waals surface area contributed by atoms with Gasteiger partial charge in [-0.15, -0.1) is 0 Å². The molecule has 0 saturated carbocycles. The zero-order valence-electron chi connectivity index (χ0n) is 8.21. The minimum Gasteiger partial charge on any atom is -0.368 e. The minimum absolute atomic E-state index is 0.429. The number of aryl methyl sites for hydroxylation is 2. The Hall–Kier alpha value is -1.35. The van der Waals surface area contributed by atoms with Crippen molar-refractivity contribution >= 4 is 5.91 Å². The van der Waals surface area contributed by atoms with E-state index in [-0.39, 0.29) is 0 Å². The molecule has 0 aromatic heterocycles. The summed E-state index contributed by atoms with van der Waals surface area (Å²) in [5.74, 6) is -0.429. The third-order valence-electron chi connectivity index (χ3n) is 2.97. The van der Waals surface area contributed by atoms with Gasteiger partial charge in [0.15, 0.2) is 0 Å². The second-order valence-electron chi connectivity index (χ2n) is 4.00. The summed E-state index contributed by atoms with van der Waals surface area (Å²) in [7, 11) is 0. The Balaban J connectivity index is 2.58. The molecule has 74 valence electrons. The normalized spacial score (nSPS) is 24.7. The van der Waals surface area contributed by atoms with E-state index < -0.39 is 11.4 Å². The zero-order chi connectivity index (χ0) is 10.3. The van der Waals surface area contributed by atoms with Crippen molar-refractivity contribution in [1.82, 2.24) is 0 Å². The predicted octanol–water partition coefficient (Wildman–Crippen LogP) is 0.581. The Bertz CT molecular complexity index is 400. The van der Waals surface area contributed by atoms with E-state index in [1.807, 2.05) is 25.1 Å². The van der Waals surface area contributed by atoms with Gasteiger partial charge >= 0.3 is 0 Å². The molecule has 0 bridgehead atoms. The molecular formula is C11H14N2O. The van der Waals surface area contributed by atoms with Crippen LogP contribution in [0.5, 0.6) is 0 Å². The molecule has 1 atom stereocenters. The van der Waals surface area contributed by atoms with E-state index in [4.69, 9.17) is 11.5 Å². The Morgan fingerprint density at radius 1 is 1.50 bits per heavy atom. The number of benzene rings is 1. The van der Waals surface area contributed by atoms with Crippen LogP contribution in [0.25, 0.3) is 0 Å². The summed E-state index contributed by atoms with van der Waals surface area (Å²) in [4.78, 5) is 11.3. The van der Waals surface area contributed by atoms with Crippen molar-refractivity contribution < 1.29 is 4.79 Å². The van der Waals surface area contributed by atoms with Crippen LogP contribution in [0.2, 0.25) is 0 Å². The van der Waals surface area contributed by atoms with Gasteiger partial charge in [-0.25, -0.2) is 0 Å². The van der Waals surface area contributed by atoms with Crippen LogP contribution in [0.15, 0.2) is 18.2 Å². The molecule has 0 heterocycles. The van der Waals surface area contributed by atoms with E-state index in [0.29, 0.717) is 6.42 Å². The number of amides is 1. The van der Waals surface area contributed by atoms with E-state index in [2.05, 4.69) is 0 Å². The van der Waals surface area contributed by atoms with Gasteiger partial charge in [0.25, 0.3) is 0 Å². The van der Waals surface area contributed by atoms with E-state index >= 15 is 0 Å². The number of carbonyl (C=O) groups is 1. The smallest absolute Gasteiger partial charge is 0.242 e. The lowest BCUT2D eigenvalue weighted by Crippen LogP contribution is -2.47. The van der Waals surface area contributed by atoms with Crippen molar-refractivity contribution in [3.63, 3.8) is 0 Å². The first-order valence-electron chi connectivity index (χ1n) is 4.73. The maximum Gasteiger partial charge on any atom is 0.242 e. The number of hydrogen-bond acceptors (Lipinski definition) is 2. The lowest BCUT2D eigenvalue weighted by Gasteiger charge is -2.21. The number of primary amides is 1. The van der Waals surface area contributed by atoms with Gasteiger partial charge in [-0.2, -0.15) is 0 Å². The van der Waals surface area contributed by atoms with Crippen molar-refractivity contribution in [2.45, 2.75) is 25.3 Å². The quantitative estimate of drug-likeness (QED) is 0.680. The van der Waals surface area contributed by atoms with Gasteiger partial charge < -0.3 is 11.5 Å². The van der Waals surface area contributed by atoms with Crippen LogP contribution in [0.3, 0.4) is 0 Å². The number of carbonyl (C=O) groups excluding carboxylic acids is 1. The molecule has 1 unspecified atom stereocenters. The second kappa shape index (κ2) is 2.82. The van der Waals surface area contributed by atoms with Crippen LogP contribution >= 0.6 is 0 Å². The molecule has 3 nitrogen and oxygen atoms in total. The third kappa shape index (κ3) is 1.13. The molecule has 1 aromatic rings. The highest BCUT2D eigenvalue weighted by Crippen LogP contribution is 2.35. The maximum atomic E-state index is 11.3. The summed E-state index contributed by atoms with van der Waals surface area (Å²) in [5, 5.41) is 0. The van der Waals surface area contributed by atoms with Crippen LogP contribution in [-0.2, 0) is 16.8 Å². The molecule has 1 amide bonds. The second-order valence-corrected chi connectivity index (χ2v) is 4.00. The first-order chi connectivity index (χ1) is 6.54. The summed E-state index contributed by atoms with van der Waals surface area (Å²) in [6.07, 6.45) is 1.47. The monoisotopic (exact) mass is 190 g/mol. The Morgan fingerprint density at radius 3 is 2.86 bits per heavy atom. The van der Waals surface area contributed by atoms with E-state index in [9.17, 15) is 4.79 Å². The summed E-state index contributed by atoms with van der Waals surface area (Å²) in [6.45, 7) is 1.99. The summed E-state index contributed by atoms with van der Waals surface area (Å²) in [6, 6.07) is 6.03. The van der Waals surface area contributed by atoms with Gasteiger partial charge in [0.1, 0.15) is 5.54 Å². The van der Waals surface area contributed by atoms with Crippen molar-refractivity contribution in [2.24, 2.45) is 11.5 Å². The van der Waals surface area contributed by atoms with Gasteiger partial charge in [0.2, 0.25) is 5.91 Å². The van der Waals surface area contributed by atoms with E-state index in [1.165, 1.54) is 0 Å². The molecule has 1 aliphatic carbocycles. The Kier molecular flexibility index (Phi) is 1.86. The molecule has 4 N–H and O–H groups in total. The van der Waals surface area contributed by atoms with Crippen LogP contribution in [-0.4, -0.2) is 5.91 Å². The Labute approximate surface area is 83.1 Å². The third-order valence-corrected chi connectivity index (χ3v) is 2.97. The van der Waals surface area contributed by atoms with Crippen molar-refractivity contribution in [3.05, 3.63) is 34.9 Å². The highest BCUT2D eigenvalue weighted by molar-refractivity contribution is 5.87. The summed E-state index contributed by atoms with van der Waals surface area (Å²) < 4.78 is 0. The number of hydrogen-bond donors (Lipinski definition) is 2. The topological polar surface area (TPSA) is 69.1 Å². The van der Waals surface area contributed by atoms with Gasteiger partial charge in [-0.1, -0.05) is 23.8 Å². The van der Waals surface area contributed by atoms with Gasteiger partial charge in [0, 0.05) is 0 Å². The number of fused-ring (bicyclic) bond motifs is 1. The van der Waals surface area contributed by atoms with Crippen LogP contribution in [0, 0.1) is 6.92 Å². The fraction of sp³-hybridized carbons (Fsp3) is 0.364. The first kappa shape index (κ1) is 9.21. The van der Waals surface area contributed by atoms with Crippen molar-refractivity contribution in [1.29, 1.82) is 0 Å². The molecule has 14 heavy (non-hydrogen) atoms. The van der Waals surface area contributed by atoms with Crippen LogP contribution in [0.1, 0.15) is 23.1 Å². The maximum absolute atomic E-state index is 11.3. The molecule has 0 spiro atoms. The largest absolute Gasteiger partial charge is 0.368 e. The summed E-state index contributed by atoms with van der Waals surface area (Å²) >= 11 is 0. The van der Waals surface area contributed by atoms with Gasteiger partial charge in [0.05, 0.1) is 0 Å². The average Bonchev–Trinajstić information content (AvgIpc) is 2.46. The number of rotatable bonds is 1. The van der Waals surface area contributed by atoms with Crippen molar-refractivity contribution in [2.75, 3.05) is 0 Å². The molecule has 0 saturated heterocycles. The molecule has 0 fully saturated rings. The SMILES string of the molecule is Cc1ccc2c(c1)C(N)(C(N)=O)CC2. The lowest BCUT2D eigenvalue weighted by atomic mass is 9.91. The van der Waals surface area contributed by atoms with Crippen LogP contribution in [0.4, 0.5) is 0 Å². The highest BCUT2D eigenvalue weighted by Gasteiger charge is 2.40.